The van der Waals surface area contributed by atoms with E-state index in [1.165, 1.54) is 0 Å². The van der Waals surface area contributed by atoms with Gasteiger partial charge >= 0.3 is 6.09 Å². The van der Waals surface area contributed by atoms with Crippen LogP contribution >= 0.6 is 0 Å². The van der Waals surface area contributed by atoms with Crippen molar-refractivity contribution in [3.63, 3.8) is 0 Å². The van der Waals surface area contributed by atoms with E-state index < -0.39 is 0 Å². The number of imidazole rings is 1. The lowest BCUT2D eigenvalue weighted by molar-refractivity contribution is 0.103. The number of hydrogen-bond acceptors (Lipinski definition) is 7. The summed E-state index contributed by atoms with van der Waals surface area (Å²) >= 11 is 0. The number of amides is 1. The minimum Gasteiger partial charge on any atom is -0.454 e. The first-order chi connectivity index (χ1) is 18.1. The lowest BCUT2D eigenvalue weighted by Crippen LogP contribution is -2.29. The van der Waals surface area contributed by atoms with Crippen molar-refractivity contribution in [2.24, 2.45) is 0 Å². The van der Waals surface area contributed by atoms with Gasteiger partial charge in [-0.3, -0.25) is 4.98 Å². The first-order valence-corrected chi connectivity index (χ1v) is 12.2. The van der Waals surface area contributed by atoms with Crippen LogP contribution in [0.4, 0.5) is 4.79 Å². The first kappa shape index (κ1) is 22.9. The minimum atomic E-state index is -0.376. The molecule has 1 N–H and O–H groups in total. The molecule has 4 aromatic rings. The maximum atomic E-state index is 12.7. The van der Waals surface area contributed by atoms with Crippen molar-refractivity contribution in [1.29, 1.82) is 0 Å². The number of ether oxygens (including phenoxy) is 3. The number of carbonyl (C=O) groups is 1. The molecule has 0 aliphatic carbocycles. The van der Waals surface area contributed by atoms with Crippen LogP contribution in [-0.2, 0) is 11.3 Å². The molecule has 6 rings (SSSR count). The van der Waals surface area contributed by atoms with Gasteiger partial charge in [-0.1, -0.05) is 36.4 Å². The summed E-state index contributed by atoms with van der Waals surface area (Å²) in [6, 6.07) is 20.8. The third-order valence-corrected chi connectivity index (χ3v) is 6.67. The smallest absolute Gasteiger partial charge is 0.410 e. The number of likely N-dealkylation sites (tertiary alicyclic amines) is 1. The zero-order valence-corrected chi connectivity index (χ0v) is 20.3. The number of hydrogen-bond donors (Lipinski definition) is 1. The molecule has 0 radical (unpaired) electrons. The van der Waals surface area contributed by atoms with Gasteiger partial charge in [0.2, 0.25) is 6.79 Å². The highest BCUT2D eigenvalue weighted by Gasteiger charge is 2.34. The number of aryl methyl sites for hydroxylation is 1. The van der Waals surface area contributed by atoms with Crippen molar-refractivity contribution < 1.29 is 24.2 Å². The van der Waals surface area contributed by atoms with Crippen LogP contribution in [0.1, 0.15) is 29.4 Å². The average Bonchev–Trinajstić information content (AvgIpc) is 3.66. The zero-order valence-electron chi connectivity index (χ0n) is 20.3. The molecule has 2 aromatic carbocycles. The predicted octanol–water partition coefficient (Wildman–Crippen LogP) is 5.01. The van der Waals surface area contributed by atoms with Gasteiger partial charge in [0, 0.05) is 30.3 Å². The molecule has 4 heterocycles. The molecule has 9 heteroatoms. The Balaban J connectivity index is 1.29. The molecule has 0 saturated carbocycles. The van der Waals surface area contributed by atoms with Gasteiger partial charge < -0.3 is 24.3 Å². The largest absolute Gasteiger partial charge is 0.454 e. The van der Waals surface area contributed by atoms with Crippen LogP contribution in [0.3, 0.4) is 0 Å². The number of fused-ring (bicyclic) bond motifs is 1. The number of nitrogens with zero attached hydrogens (tertiary/aromatic N) is 4. The molecule has 188 valence electrons. The Kier molecular flexibility index (Phi) is 5.88. The van der Waals surface area contributed by atoms with Crippen molar-refractivity contribution in [3.8, 4) is 34.1 Å². The van der Waals surface area contributed by atoms with E-state index in [0.29, 0.717) is 53.9 Å². The van der Waals surface area contributed by atoms with Crippen LogP contribution in [0.15, 0.2) is 66.7 Å². The molecule has 0 spiro atoms. The summed E-state index contributed by atoms with van der Waals surface area (Å²) in [6.45, 7) is 3.20. The second-order valence-corrected chi connectivity index (χ2v) is 9.18. The molecular weight excluding hydrogens is 472 g/mol. The fraction of sp³-hybridized carbons (Fsp3) is 0.250. The van der Waals surface area contributed by atoms with Gasteiger partial charge in [0.1, 0.15) is 18.0 Å². The number of aromatic nitrogens is 3. The summed E-state index contributed by atoms with van der Waals surface area (Å²) in [5.74, 6) is 1.61. The van der Waals surface area contributed by atoms with E-state index in [2.05, 4.69) is 4.98 Å². The summed E-state index contributed by atoms with van der Waals surface area (Å²) in [7, 11) is 0. The van der Waals surface area contributed by atoms with Crippen LogP contribution in [0.5, 0.6) is 11.5 Å². The summed E-state index contributed by atoms with van der Waals surface area (Å²) in [5.41, 5.74) is 4.20. The van der Waals surface area contributed by atoms with Gasteiger partial charge in [-0.05, 0) is 49.2 Å². The van der Waals surface area contributed by atoms with Crippen LogP contribution in [0, 0.1) is 6.92 Å². The summed E-state index contributed by atoms with van der Waals surface area (Å²) in [6.07, 6.45) is 0.276. The fourth-order valence-electron chi connectivity index (χ4n) is 4.79. The van der Waals surface area contributed by atoms with Gasteiger partial charge in [0.25, 0.3) is 0 Å². The maximum Gasteiger partial charge on any atom is 0.410 e. The summed E-state index contributed by atoms with van der Waals surface area (Å²) < 4.78 is 17.6. The number of benzene rings is 2. The Hall–Kier alpha value is -4.53. The van der Waals surface area contributed by atoms with Crippen LogP contribution in [-0.4, -0.2) is 50.8 Å². The fourth-order valence-corrected chi connectivity index (χ4v) is 4.79. The second kappa shape index (κ2) is 9.50. The van der Waals surface area contributed by atoms with Crippen molar-refractivity contribution in [2.45, 2.75) is 25.9 Å². The van der Waals surface area contributed by atoms with E-state index in [4.69, 9.17) is 19.2 Å². The maximum absolute atomic E-state index is 12.7. The average molecular weight is 499 g/mol. The molecule has 1 unspecified atom stereocenters. The monoisotopic (exact) mass is 498 g/mol. The zero-order chi connectivity index (χ0) is 25.4. The Morgan fingerprint density at radius 3 is 2.73 bits per heavy atom. The Morgan fingerprint density at radius 2 is 1.89 bits per heavy atom. The molecule has 9 nitrogen and oxygen atoms in total. The first-order valence-electron chi connectivity index (χ1n) is 12.2. The van der Waals surface area contributed by atoms with E-state index in [0.717, 1.165) is 21.6 Å². The second-order valence-electron chi connectivity index (χ2n) is 9.18. The molecule has 2 aromatic heterocycles. The Morgan fingerprint density at radius 1 is 1.05 bits per heavy atom. The molecule has 1 amide bonds. The van der Waals surface area contributed by atoms with Gasteiger partial charge in [-0.15, -0.1) is 0 Å². The summed E-state index contributed by atoms with van der Waals surface area (Å²) in [5, 5.41) is 11.4. The van der Waals surface area contributed by atoms with Gasteiger partial charge in [0.05, 0.1) is 5.69 Å². The lowest BCUT2D eigenvalue weighted by atomic mass is 10.1. The Labute approximate surface area is 213 Å². The number of carbonyl (C=O) groups excluding carboxylic acids is 1. The van der Waals surface area contributed by atoms with E-state index in [-0.39, 0.29) is 25.4 Å². The van der Waals surface area contributed by atoms with Gasteiger partial charge in [0.15, 0.2) is 17.3 Å². The molecule has 1 saturated heterocycles. The van der Waals surface area contributed by atoms with Crippen molar-refractivity contribution in [3.05, 3.63) is 83.8 Å². The van der Waals surface area contributed by atoms with Crippen molar-refractivity contribution in [2.75, 3.05) is 19.9 Å². The van der Waals surface area contributed by atoms with Crippen LogP contribution in [0.25, 0.3) is 22.6 Å². The minimum absolute atomic E-state index is 0.166. The topological polar surface area (TPSA) is 98.9 Å². The highest BCUT2D eigenvalue weighted by atomic mass is 16.7. The van der Waals surface area contributed by atoms with Crippen LogP contribution < -0.4 is 9.47 Å². The normalized spacial score (nSPS) is 16.2. The standard InChI is InChI=1S/C28H26N4O5/c1-18-6-5-9-22(29-18)26-25(20-10-11-23-24(14-20)37-17-36-23)30-27(32(26)34)21-12-13-31(15-21)28(33)35-16-19-7-3-2-4-8-19/h2-11,14,21,34H,12-13,15-17H2,1H3. The third kappa shape index (κ3) is 4.44. The SMILES string of the molecule is Cc1cccc(-c2c(-c3ccc4c(c3)OCO4)nc(C3CCN(C(=O)OCc4ccccc4)C3)n2O)n1. The van der Waals surface area contributed by atoms with E-state index in [9.17, 15) is 10.0 Å². The highest BCUT2D eigenvalue weighted by Crippen LogP contribution is 2.40. The quantitative estimate of drug-likeness (QED) is 0.386. The molecule has 2 aliphatic heterocycles. The Bertz CT molecular complexity index is 1450. The molecule has 37 heavy (non-hydrogen) atoms. The molecule has 2 aliphatic rings. The van der Waals surface area contributed by atoms with E-state index in [1.54, 1.807) is 4.90 Å². The molecule has 1 fully saturated rings. The highest BCUT2D eigenvalue weighted by molar-refractivity contribution is 5.79. The predicted molar refractivity (Wildman–Crippen MR) is 134 cm³/mol. The number of rotatable bonds is 5. The van der Waals surface area contributed by atoms with E-state index >= 15 is 0 Å². The number of pyridine rings is 1. The van der Waals surface area contributed by atoms with Gasteiger partial charge in [-0.2, -0.15) is 4.73 Å². The van der Waals surface area contributed by atoms with Crippen LogP contribution in [0.2, 0.25) is 0 Å². The molecule has 1 atom stereocenters. The molecular formula is C28H26N4O5. The van der Waals surface area contributed by atoms with Gasteiger partial charge in [-0.25, -0.2) is 9.78 Å². The van der Waals surface area contributed by atoms with E-state index in [1.807, 2.05) is 73.7 Å². The summed E-state index contributed by atoms with van der Waals surface area (Å²) in [4.78, 5) is 23.9. The third-order valence-electron chi connectivity index (χ3n) is 6.67. The van der Waals surface area contributed by atoms with Crippen molar-refractivity contribution >= 4 is 6.09 Å². The molecule has 0 bridgehead atoms. The van der Waals surface area contributed by atoms with Crippen molar-refractivity contribution in [1.82, 2.24) is 19.6 Å². The lowest BCUT2D eigenvalue weighted by Gasteiger charge is -2.16.